The Labute approximate surface area is 298 Å². The summed E-state index contributed by atoms with van der Waals surface area (Å²) >= 11 is 0. The third-order valence-electron chi connectivity index (χ3n) is 10.6. The monoisotopic (exact) mass is 677 g/mol. The van der Waals surface area contributed by atoms with Crippen LogP contribution in [-0.4, -0.2) is 61.6 Å². The lowest BCUT2D eigenvalue weighted by Gasteiger charge is -2.19. The van der Waals surface area contributed by atoms with Crippen LogP contribution in [-0.2, 0) is 13.1 Å². The molecule has 2 aliphatic heterocycles. The van der Waals surface area contributed by atoms with Crippen molar-refractivity contribution in [2.75, 3.05) is 31.5 Å². The average molecular weight is 678 g/mol. The number of benzene rings is 3. The predicted molar refractivity (Wildman–Crippen MR) is 201 cm³/mol. The van der Waals surface area contributed by atoms with E-state index < -0.39 is 5.60 Å². The molecule has 51 heavy (non-hydrogen) atoms. The summed E-state index contributed by atoms with van der Waals surface area (Å²) in [6.45, 7) is 13.7. The smallest absolute Gasteiger partial charge is 0.227 e. The highest BCUT2D eigenvalue weighted by molar-refractivity contribution is 5.91. The molecule has 0 spiro atoms. The van der Waals surface area contributed by atoms with Gasteiger partial charge in [-0.25, -0.2) is 9.97 Å². The molecule has 0 bridgehead atoms. The van der Waals surface area contributed by atoms with Crippen molar-refractivity contribution >= 4 is 33.5 Å². The number of oxazole rings is 1. The fourth-order valence-electron chi connectivity index (χ4n) is 7.87. The van der Waals surface area contributed by atoms with Crippen LogP contribution in [0.15, 0.2) is 77.5 Å². The highest BCUT2D eigenvalue weighted by atomic mass is 16.3. The molecule has 3 aromatic carbocycles. The Bertz CT molecular complexity index is 2320. The molecule has 9 heteroatoms. The van der Waals surface area contributed by atoms with E-state index in [0.717, 1.165) is 94.7 Å². The van der Waals surface area contributed by atoms with Crippen LogP contribution < -0.4 is 5.32 Å². The van der Waals surface area contributed by atoms with E-state index >= 15 is 0 Å². The first-order valence-electron chi connectivity index (χ1n) is 17.9. The third kappa shape index (κ3) is 6.59. The van der Waals surface area contributed by atoms with Crippen LogP contribution in [0.3, 0.4) is 0 Å². The zero-order valence-corrected chi connectivity index (χ0v) is 29.7. The van der Waals surface area contributed by atoms with Gasteiger partial charge < -0.3 is 14.8 Å². The van der Waals surface area contributed by atoms with Crippen LogP contribution in [0.4, 0.5) is 11.5 Å². The van der Waals surface area contributed by atoms with E-state index in [0.29, 0.717) is 40.8 Å². The van der Waals surface area contributed by atoms with E-state index in [1.165, 1.54) is 6.42 Å². The Morgan fingerprint density at radius 1 is 0.961 bits per heavy atom. The lowest BCUT2D eigenvalue weighted by atomic mass is 9.93. The number of rotatable bonds is 8. The van der Waals surface area contributed by atoms with E-state index in [1.807, 2.05) is 43.6 Å². The fourth-order valence-corrected chi connectivity index (χ4v) is 7.87. The number of pyridine rings is 2. The molecular weight excluding hydrogens is 635 g/mol. The number of nitrogens with one attached hydrogen (secondary N) is 1. The summed E-state index contributed by atoms with van der Waals surface area (Å²) in [6, 6.07) is 23.0. The molecule has 6 aromatic rings. The number of aliphatic hydroxyl groups is 1. The molecule has 0 amide bonds. The zero-order valence-electron chi connectivity index (χ0n) is 29.7. The predicted octanol–water partition coefficient (Wildman–Crippen LogP) is 8.14. The number of nitrogens with zero attached hydrogens (tertiary/aromatic N) is 6. The molecule has 0 unspecified atom stereocenters. The average Bonchev–Trinajstić information content (AvgIpc) is 3.83. The van der Waals surface area contributed by atoms with Gasteiger partial charge in [0, 0.05) is 61.8 Å². The largest absolute Gasteiger partial charge is 0.435 e. The van der Waals surface area contributed by atoms with Crippen LogP contribution in [0, 0.1) is 31.1 Å². The van der Waals surface area contributed by atoms with Crippen LogP contribution in [0.2, 0.25) is 0 Å². The van der Waals surface area contributed by atoms with Crippen LogP contribution in [0.25, 0.3) is 44.6 Å². The van der Waals surface area contributed by atoms with Crippen molar-refractivity contribution in [2.45, 2.75) is 59.2 Å². The van der Waals surface area contributed by atoms with E-state index in [4.69, 9.17) is 14.4 Å². The van der Waals surface area contributed by atoms with Gasteiger partial charge in [0.1, 0.15) is 17.1 Å². The van der Waals surface area contributed by atoms with Gasteiger partial charge in [0.05, 0.1) is 11.2 Å². The summed E-state index contributed by atoms with van der Waals surface area (Å²) in [5.74, 6) is 1.91. The lowest BCUT2D eigenvalue weighted by Crippen LogP contribution is -2.29. The third-order valence-corrected chi connectivity index (χ3v) is 10.6. The minimum atomic E-state index is -0.625. The Hall–Kier alpha value is -5.14. The molecule has 2 atom stereocenters. The quantitative estimate of drug-likeness (QED) is 0.165. The molecule has 2 aliphatic rings. The fraction of sp³-hybridized carbons (Fsp3) is 0.333. The zero-order chi connectivity index (χ0) is 35.3. The Balaban J connectivity index is 1.07. The molecule has 0 radical (unpaired) electrons. The molecule has 2 saturated heterocycles. The molecule has 0 saturated carbocycles. The van der Waals surface area contributed by atoms with Gasteiger partial charge in [-0.05, 0) is 116 Å². The van der Waals surface area contributed by atoms with Gasteiger partial charge in [0.15, 0.2) is 11.4 Å². The van der Waals surface area contributed by atoms with E-state index in [9.17, 15) is 10.4 Å². The van der Waals surface area contributed by atoms with Gasteiger partial charge in [-0.2, -0.15) is 5.26 Å². The van der Waals surface area contributed by atoms with Gasteiger partial charge in [0.2, 0.25) is 5.89 Å². The number of hydrogen-bond donors (Lipinski definition) is 2. The number of hydrogen-bond acceptors (Lipinski definition) is 9. The molecule has 258 valence electrons. The molecule has 9 nitrogen and oxygen atoms in total. The van der Waals surface area contributed by atoms with Crippen molar-refractivity contribution < 1.29 is 9.52 Å². The topological polar surface area (TPSA) is 114 Å². The van der Waals surface area contributed by atoms with Crippen LogP contribution >= 0.6 is 0 Å². The molecule has 3 aromatic heterocycles. The van der Waals surface area contributed by atoms with E-state index in [2.05, 4.69) is 83.3 Å². The summed E-state index contributed by atoms with van der Waals surface area (Å²) in [5.41, 5.74) is 10.3. The van der Waals surface area contributed by atoms with Gasteiger partial charge in [-0.15, -0.1) is 0 Å². The van der Waals surface area contributed by atoms with Crippen LogP contribution in [0.5, 0.6) is 0 Å². The van der Waals surface area contributed by atoms with Gasteiger partial charge in [-0.3, -0.25) is 14.8 Å². The van der Waals surface area contributed by atoms with Crippen molar-refractivity contribution in [1.29, 1.82) is 5.26 Å². The van der Waals surface area contributed by atoms with Gasteiger partial charge in [-0.1, -0.05) is 31.2 Å². The molecule has 8 rings (SSSR count). The minimum absolute atomic E-state index is 0.514. The SMILES string of the molecule is Cc1c(Nc2nccc3cc(CN4CC[C@](C)(O)C4)cnc23)cccc1-c1cccc(-c2nc3cc(CN4CC[C@@H](C)C4)cc(C#N)c3o2)c1C. The number of fused-ring (bicyclic) bond motifs is 2. The first kappa shape index (κ1) is 33.0. The van der Waals surface area contributed by atoms with E-state index in [1.54, 1.807) is 0 Å². The molecular formula is C42H43N7O2. The number of anilines is 2. The second-order valence-corrected chi connectivity index (χ2v) is 14.9. The van der Waals surface area contributed by atoms with Gasteiger partial charge in [0.25, 0.3) is 0 Å². The minimum Gasteiger partial charge on any atom is -0.435 e. The first-order chi connectivity index (χ1) is 24.6. The number of β-amino-alcohol motifs (C(OH)–C–C–N with tert-alkyl or cyclic N) is 1. The molecule has 0 aliphatic carbocycles. The summed E-state index contributed by atoms with van der Waals surface area (Å²) in [4.78, 5) is 19.2. The lowest BCUT2D eigenvalue weighted by molar-refractivity contribution is 0.0679. The van der Waals surface area contributed by atoms with Crippen molar-refractivity contribution in [3.63, 3.8) is 0 Å². The van der Waals surface area contributed by atoms with Crippen molar-refractivity contribution in [1.82, 2.24) is 24.8 Å². The maximum atomic E-state index is 10.4. The molecule has 2 fully saturated rings. The summed E-state index contributed by atoms with van der Waals surface area (Å²) in [5, 5.41) is 25.0. The highest BCUT2D eigenvalue weighted by Gasteiger charge is 2.31. The maximum absolute atomic E-state index is 10.4. The summed E-state index contributed by atoms with van der Waals surface area (Å²) in [7, 11) is 0. The second kappa shape index (κ2) is 13.2. The van der Waals surface area contributed by atoms with E-state index in [-0.39, 0.29) is 0 Å². The summed E-state index contributed by atoms with van der Waals surface area (Å²) in [6.07, 6.45) is 5.73. The summed E-state index contributed by atoms with van der Waals surface area (Å²) < 4.78 is 6.33. The molecule has 2 N–H and O–H groups in total. The van der Waals surface area contributed by atoms with Crippen molar-refractivity contribution in [2.24, 2.45) is 5.92 Å². The highest BCUT2D eigenvalue weighted by Crippen LogP contribution is 2.38. The normalized spacial score (nSPS) is 19.6. The van der Waals surface area contributed by atoms with Crippen LogP contribution in [0.1, 0.15) is 54.5 Å². The maximum Gasteiger partial charge on any atom is 0.227 e. The first-order valence-corrected chi connectivity index (χ1v) is 17.9. The number of nitriles is 1. The number of aromatic nitrogens is 3. The number of likely N-dealkylation sites (tertiary alicyclic amines) is 2. The Kier molecular flexibility index (Phi) is 8.55. The van der Waals surface area contributed by atoms with Crippen molar-refractivity contribution in [3.8, 4) is 28.7 Å². The second-order valence-electron chi connectivity index (χ2n) is 14.9. The van der Waals surface area contributed by atoms with Gasteiger partial charge >= 0.3 is 0 Å². The Morgan fingerprint density at radius 2 is 1.75 bits per heavy atom. The molecule has 5 heterocycles. The standard InChI is InChI=1S/C42H43N7O2/c1-26-12-15-48(22-26)23-29-17-32(20-43)39-37(19-29)47-41(51-39)35-9-5-7-33(27(35)2)34-8-6-10-36(28(34)3)46-40-38-31(11-14-44-40)18-30(21-45-38)24-49-16-13-42(4,50)25-49/h5-11,14,17-19,21,26,50H,12-13,15-16,22-25H2,1-4H3,(H,44,46)/t26-,42+/m1/s1. The Morgan fingerprint density at radius 3 is 2.51 bits per heavy atom. The van der Waals surface area contributed by atoms with Crippen molar-refractivity contribution in [3.05, 3.63) is 101 Å².